The van der Waals surface area contributed by atoms with E-state index >= 15 is 0 Å². The van der Waals surface area contributed by atoms with Crippen LogP contribution in [0.2, 0.25) is 0 Å². The molecule has 0 bridgehead atoms. The molecule has 0 aliphatic heterocycles. The summed E-state index contributed by atoms with van der Waals surface area (Å²) < 4.78 is 46.3. The van der Waals surface area contributed by atoms with Crippen molar-refractivity contribution in [1.82, 2.24) is 13.7 Å². The van der Waals surface area contributed by atoms with Crippen molar-refractivity contribution in [2.24, 2.45) is 0 Å². The minimum Gasteiger partial charge on any atom is -0.455 e. The first-order chi connectivity index (χ1) is 69.9. The van der Waals surface area contributed by atoms with Gasteiger partial charge in [-0.15, -0.1) is 0 Å². The topological polar surface area (TPSA) is 93.6 Å². The summed E-state index contributed by atoms with van der Waals surface area (Å²) >= 11 is 0. The molecular weight excluding hydrogens is 1720 g/mol. The van der Waals surface area contributed by atoms with Gasteiger partial charge in [-0.05, 0) is 211 Å². The maximum atomic E-state index is 6.68. The normalized spacial score (nSPS) is 11.8. The Labute approximate surface area is 807 Å². The SMILES string of the molecule is c1ccc(-c2cc(-c3ccc(-c4ccc5c(c4)oc4c6ccccc6n(-c6ccccc6)c54)cc3)c3oc4ccccc4c3c2)cc1.c1ccc(-c2cccc3c2oc2c(-c4ccc(-c5ccc6oc7c8ccccc8n(-c8ccccc8)c7c6c5)cc4)cccc23)cc1.c1ccc(-c2cccc3c2oc2cccc(-c4ccc(-c5ccc6c(c5)oc5c7ccccc7n(-c7ccccc7)c65)cc4)c23)cc1. The first-order valence-corrected chi connectivity index (χ1v) is 47.8. The van der Waals surface area contributed by atoms with Gasteiger partial charge < -0.3 is 40.2 Å². The van der Waals surface area contributed by atoms with Gasteiger partial charge in [-0.3, -0.25) is 0 Å². The van der Waals surface area contributed by atoms with Crippen LogP contribution in [0.25, 0.3) is 282 Å². The van der Waals surface area contributed by atoms with Gasteiger partial charge in [0.05, 0.1) is 16.6 Å². The van der Waals surface area contributed by atoms with Crippen molar-refractivity contribution in [2.45, 2.75) is 0 Å². The van der Waals surface area contributed by atoms with Gasteiger partial charge >= 0.3 is 0 Å². The Morgan fingerprint density at radius 2 is 0.418 bits per heavy atom. The van der Waals surface area contributed by atoms with Crippen molar-refractivity contribution < 1.29 is 26.5 Å². The van der Waals surface area contributed by atoms with Crippen molar-refractivity contribution in [2.75, 3.05) is 0 Å². The fraction of sp³-hybridized carbons (Fsp3) is 0. The summed E-state index contributed by atoms with van der Waals surface area (Å²) in [6, 6.07) is 173. The third kappa shape index (κ3) is 13.4. The van der Waals surface area contributed by atoms with Gasteiger partial charge in [-0.2, -0.15) is 0 Å². The van der Waals surface area contributed by atoms with Crippen molar-refractivity contribution in [1.29, 1.82) is 0 Å². The highest BCUT2D eigenvalue weighted by Gasteiger charge is 2.27. The number of rotatable bonds is 12. The Kier molecular flexibility index (Phi) is 18.8. The van der Waals surface area contributed by atoms with Crippen LogP contribution in [0.1, 0.15) is 0 Å². The summed E-state index contributed by atoms with van der Waals surface area (Å²) in [5.74, 6) is 0. The second kappa shape index (κ2) is 33.0. The molecule has 0 saturated heterocycles. The lowest BCUT2D eigenvalue weighted by Gasteiger charge is -2.10. The molecule has 0 N–H and O–H groups in total. The average molecular weight is 1810 g/mol. The van der Waals surface area contributed by atoms with Gasteiger partial charge in [0.25, 0.3) is 0 Å². The zero-order valence-electron chi connectivity index (χ0n) is 76.1. The molecule has 30 aromatic rings. The molecule has 0 fully saturated rings. The number of nitrogens with zero attached hydrogens (tertiary/aromatic N) is 3. The zero-order chi connectivity index (χ0) is 92.7. The van der Waals surface area contributed by atoms with Gasteiger partial charge in [0.2, 0.25) is 0 Å². The number of para-hydroxylation sites is 10. The van der Waals surface area contributed by atoms with E-state index in [1.807, 2.05) is 24.3 Å². The van der Waals surface area contributed by atoms with E-state index in [1.54, 1.807) is 0 Å². The van der Waals surface area contributed by atoms with E-state index in [9.17, 15) is 0 Å². The van der Waals surface area contributed by atoms with Crippen LogP contribution in [0.5, 0.6) is 0 Å². The molecule has 0 radical (unpaired) electrons. The van der Waals surface area contributed by atoms with E-state index in [0.717, 1.165) is 271 Å². The largest absolute Gasteiger partial charge is 0.455 e. The molecular formula is C132H81N3O6. The Morgan fingerprint density at radius 1 is 0.128 bits per heavy atom. The highest BCUT2D eigenvalue weighted by molar-refractivity contribution is 6.22. The molecule has 9 nitrogen and oxygen atoms in total. The summed E-state index contributed by atoms with van der Waals surface area (Å²) in [6.07, 6.45) is 0. The fourth-order valence-electron chi connectivity index (χ4n) is 21.7. The third-order valence-corrected chi connectivity index (χ3v) is 28.3. The fourth-order valence-corrected chi connectivity index (χ4v) is 21.7. The molecule has 21 aromatic carbocycles. The number of furan rings is 6. The van der Waals surface area contributed by atoms with Crippen LogP contribution in [0.3, 0.4) is 0 Å². The minimum absolute atomic E-state index is 0.881. The average Bonchev–Trinajstić information content (AvgIpc) is 1.56. The molecule has 0 atom stereocenters. The molecule has 0 unspecified atom stereocenters. The summed E-state index contributed by atoms with van der Waals surface area (Å²) in [5, 5.41) is 13.4. The lowest BCUT2D eigenvalue weighted by atomic mass is 9.94. The van der Waals surface area contributed by atoms with Crippen molar-refractivity contribution >= 4 is 165 Å². The number of aromatic nitrogens is 3. The number of hydrogen-bond donors (Lipinski definition) is 0. The molecule has 0 saturated carbocycles. The Hall–Kier alpha value is -19.0. The van der Waals surface area contributed by atoms with Crippen molar-refractivity contribution in [3.63, 3.8) is 0 Å². The van der Waals surface area contributed by atoms with E-state index in [4.69, 9.17) is 26.5 Å². The van der Waals surface area contributed by atoms with Gasteiger partial charge in [0.1, 0.15) is 66.8 Å². The predicted octanol–water partition coefficient (Wildman–Crippen LogP) is 37.3. The van der Waals surface area contributed by atoms with Crippen LogP contribution in [-0.4, -0.2) is 13.7 Å². The molecule has 0 amide bonds. The molecule has 9 aromatic heterocycles. The predicted molar refractivity (Wildman–Crippen MR) is 582 cm³/mol. The lowest BCUT2D eigenvalue weighted by molar-refractivity contribution is 0.669. The van der Waals surface area contributed by atoms with E-state index in [0.29, 0.717) is 0 Å². The van der Waals surface area contributed by atoms with Crippen molar-refractivity contribution in [3.8, 4) is 117 Å². The van der Waals surface area contributed by atoms with Crippen LogP contribution in [0.15, 0.2) is 518 Å². The second-order valence-electron chi connectivity index (χ2n) is 36.3. The molecule has 141 heavy (non-hydrogen) atoms. The maximum Gasteiger partial charge on any atom is 0.161 e. The van der Waals surface area contributed by atoms with Crippen LogP contribution in [0, 0.1) is 0 Å². The molecule has 9 heteroatoms. The molecule has 0 aliphatic rings. The van der Waals surface area contributed by atoms with Crippen LogP contribution in [-0.2, 0) is 0 Å². The third-order valence-electron chi connectivity index (χ3n) is 28.3. The van der Waals surface area contributed by atoms with E-state index in [-0.39, 0.29) is 0 Å². The molecule has 0 spiro atoms. The molecule has 0 aliphatic carbocycles. The summed E-state index contributed by atoms with van der Waals surface area (Å²) in [5.41, 5.74) is 41.4. The van der Waals surface area contributed by atoms with E-state index in [2.05, 4.69) is 481 Å². The zero-order valence-corrected chi connectivity index (χ0v) is 76.1. The number of hydrogen-bond acceptors (Lipinski definition) is 6. The molecule has 9 heterocycles. The minimum atomic E-state index is 0.881. The summed E-state index contributed by atoms with van der Waals surface area (Å²) in [7, 11) is 0. The standard InChI is InChI=1S/3C44H27NO2/c1-3-11-28(12-4-1)32-25-37(43-38(26-32)34-15-8-10-18-40(34)46-43)30-21-19-29(20-22-30)31-23-24-36-41(27-31)47-44-35-16-7-9-17-39(35)45(42(36)44)33-13-5-2-6-14-33;1-3-11-29(12-4-1)34-17-9-18-37-41-33(16-10-20-39(41)46-43(34)37)30-23-21-28(22-24-30)31-25-26-36-40(27-31)47-44-35-15-7-8-19-38(35)45(42(36)44)32-13-5-2-6-14-32;1-3-11-29(12-4-1)33-16-9-18-35-36-19-10-17-34(43(36)47-42(33)35)30-23-21-28(22-24-30)31-25-26-40-38(27-31)41-44(46-40)37-15-7-8-20-39(37)45(41)32-13-5-2-6-14-32/h3*1-27H. The lowest BCUT2D eigenvalue weighted by Crippen LogP contribution is -1.92. The highest BCUT2D eigenvalue weighted by Crippen LogP contribution is 2.50. The second-order valence-corrected chi connectivity index (χ2v) is 36.3. The monoisotopic (exact) mass is 1800 g/mol. The molecule has 660 valence electrons. The first kappa shape index (κ1) is 80.5. The van der Waals surface area contributed by atoms with E-state index in [1.165, 1.54) is 11.1 Å². The number of benzene rings is 21. The number of fused-ring (bicyclic) bond motifs is 24. The van der Waals surface area contributed by atoms with E-state index < -0.39 is 0 Å². The van der Waals surface area contributed by atoms with Gasteiger partial charge in [0.15, 0.2) is 16.7 Å². The Balaban J connectivity index is 0.000000104. The maximum absolute atomic E-state index is 6.68. The quantitative estimate of drug-likeness (QED) is 0.121. The van der Waals surface area contributed by atoms with Crippen molar-refractivity contribution in [3.05, 3.63) is 491 Å². The summed E-state index contributed by atoms with van der Waals surface area (Å²) in [4.78, 5) is 0. The van der Waals surface area contributed by atoms with Gasteiger partial charge in [0, 0.05) is 104 Å². The summed E-state index contributed by atoms with van der Waals surface area (Å²) in [6.45, 7) is 0. The van der Waals surface area contributed by atoms with Gasteiger partial charge in [-0.25, -0.2) is 0 Å². The Morgan fingerprint density at radius 3 is 0.901 bits per heavy atom. The molecule has 30 rings (SSSR count). The van der Waals surface area contributed by atoms with Crippen LogP contribution < -0.4 is 0 Å². The smallest absolute Gasteiger partial charge is 0.161 e. The Bertz CT molecular complexity index is 10100. The van der Waals surface area contributed by atoms with Gasteiger partial charge in [-0.1, -0.05) is 358 Å². The van der Waals surface area contributed by atoms with Crippen LogP contribution in [0.4, 0.5) is 0 Å². The highest BCUT2D eigenvalue weighted by atomic mass is 16.4. The first-order valence-electron chi connectivity index (χ1n) is 47.8. The van der Waals surface area contributed by atoms with Crippen LogP contribution >= 0.6 is 0 Å².